The molecule has 5 fully saturated rings. The van der Waals surface area contributed by atoms with Crippen LogP contribution in [0.3, 0.4) is 0 Å². The van der Waals surface area contributed by atoms with Gasteiger partial charge >= 0.3 is 0 Å². The van der Waals surface area contributed by atoms with Gasteiger partial charge < -0.3 is 13.9 Å². The van der Waals surface area contributed by atoms with Crippen molar-refractivity contribution in [3.05, 3.63) is 157 Å². The van der Waals surface area contributed by atoms with Crippen molar-refractivity contribution in [2.24, 2.45) is 23.2 Å². The molecular weight excluding hydrogens is 645 g/mol. The molecule has 0 aliphatic heterocycles. The van der Waals surface area contributed by atoms with Crippen LogP contribution in [-0.4, -0.2) is 4.57 Å². The third kappa shape index (κ3) is 3.65. The Morgan fingerprint density at radius 2 is 1.36 bits per heavy atom. The zero-order chi connectivity index (χ0) is 34.5. The van der Waals surface area contributed by atoms with Gasteiger partial charge in [-0.3, -0.25) is 0 Å². The number of rotatable bonds is 5. The van der Waals surface area contributed by atoms with E-state index in [1.54, 1.807) is 5.56 Å². The van der Waals surface area contributed by atoms with E-state index in [9.17, 15) is 0 Å². The van der Waals surface area contributed by atoms with Gasteiger partial charge in [0.2, 0.25) is 0 Å². The van der Waals surface area contributed by atoms with Gasteiger partial charge in [0.15, 0.2) is 0 Å². The van der Waals surface area contributed by atoms with Crippen molar-refractivity contribution in [2.75, 3.05) is 4.90 Å². The monoisotopic (exact) mass is 682 g/mol. The summed E-state index contributed by atoms with van der Waals surface area (Å²) in [4.78, 5) is 2.49. The van der Waals surface area contributed by atoms with E-state index in [4.69, 9.17) is 4.42 Å². The zero-order valence-corrected chi connectivity index (χ0v) is 29.5. The predicted octanol–water partition coefficient (Wildman–Crippen LogP) is 13.4. The van der Waals surface area contributed by atoms with Crippen molar-refractivity contribution in [1.82, 2.24) is 4.57 Å². The molecule has 7 aromatic carbocycles. The summed E-state index contributed by atoms with van der Waals surface area (Å²) >= 11 is 0. The van der Waals surface area contributed by atoms with E-state index in [2.05, 4.69) is 155 Å². The number of fused-ring (bicyclic) bond motifs is 9. The van der Waals surface area contributed by atoms with Gasteiger partial charge in [0.1, 0.15) is 11.2 Å². The van der Waals surface area contributed by atoms with Crippen molar-refractivity contribution >= 4 is 71.6 Å². The summed E-state index contributed by atoms with van der Waals surface area (Å²) in [5.41, 5.74) is 11.6. The minimum Gasteiger partial charge on any atom is -0.456 e. The molecule has 2 heterocycles. The molecule has 5 aliphatic carbocycles. The van der Waals surface area contributed by atoms with Crippen LogP contribution in [0.2, 0.25) is 0 Å². The molecule has 5 saturated carbocycles. The Morgan fingerprint density at radius 3 is 2.23 bits per heavy atom. The molecule has 0 saturated heterocycles. The smallest absolute Gasteiger partial charge is 0.135 e. The van der Waals surface area contributed by atoms with E-state index in [1.165, 1.54) is 76.1 Å². The number of benzene rings is 7. The van der Waals surface area contributed by atoms with Crippen LogP contribution >= 0.6 is 0 Å². The first-order chi connectivity index (χ1) is 26.2. The zero-order valence-electron chi connectivity index (χ0n) is 29.5. The van der Waals surface area contributed by atoms with Gasteiger partial charge in [0.05, 0.1) is 16.7 Å². The van der Waals surface area contributed by atoms with E-state index < -0.39 is 0 Å². The first-order valence-electron chi connectivity index (χ1n) is 19.5. The number of furan rings is 1. The highest BCUT2D eigenvalue weighted by Crippen LogP contribution is 2.83. The van der Waals surface area contributed by atoms with E-state index in [1.807, 2.05) is 6.07 Å². The van der Waals surface area contributed by atoms with Crippen molar-refractivity contribution in [2.45, 2.75) is 37.5 Å². The third-order valence-corrected chi connectivity index (χ3v) is 14.5. The fourth-order valence-corrected chi connectivity index (χ4v) is 12.6. The normalized spacial score (nSPS) is 25.3. The number of para-hydroxylation sites is 2. The fraction of sp³-hybridized carbons (Fsp3) is 0.200. The highest BCUT2D eigenvalue weighted by molar-refractivity contribution is 6.25. The number of hydrogen-bond acceptors (Lipinski definition) is 2. The van der Waals surface area contributed by atoms with E-state index in [0.29, 0.717) is 10.8 Å². The van der Waals surface area contributed by atoms with Gasteiger partial charge in [-0.2, -0.15) is 0 Å². The molecule has 3 heteroatoms. The second-order valence-corrected chi connectivity index (χ2v) is 16.8. The van der Waals surface area contributed by atoms with Crippen LogP contribution in [0.5, 0.6) is 0 Å². The number of hydrogen-bond donors (Lipinski definition) is 0. The minimum absolute atomic E-state index is 0.393. The quantitative estimate of drug-likeness (QED) is 0.180. The van der Waals surface area contributed by atoms with Crippen LogP contribution in [0.4, 0.5) is 17.1 Å². The molecule has 3 bridgehead atoms. The van der Waals surface area contributed by atoms with E-state index in [0.717, 1.165) is 51.1 Å². The first kappa shape index (κ1) is 28.7. The summed E-state index contributed by atoms with van der Waals surface area (Å²) in [6.07, 6.45) is 7.28. The minimum atomic E-state index is 0.393. The van der Waals surface area contributed by atoms with Crippen LogP contribution in [-0.2, 0) is 5.41 Å². The Morgan fingerprint density at radius 1 is 0.585 bits per heavy atom. The average molecular weight is 683 g/mol. The SMILES string of the molecule is c1ccc(N(c2ccc(C34CC5CC6CC5(C3)C6C4)cc2)c2cccc3c2c2c4ccccc4ccc2n3-c2ccc3oc4ccccc4c3c2)cc1. The lowest BCUT2D eigenvalue weighted by Crippen LogP contribution is -2.38. The molecule has 9 aromatic rings. The molecule has 254 valence electrons. The van der Waals surface area contributed by atoms with Crippen LogP contribution in [0.15, 0.2) is 156 Å². The van der Waals surface area contributed by atoms with E-state index in [-0.39, 0.29) is 0 Å². The highest BCUT2D eigenvalue weighted by Gasteiger charge is 2.76. The van der Waals surface area contributed by atoms with Crippen LogP contribution in [0.25, 0.3) is 60.2 Å². The maximum absolute atomic E-state index is 6.27. The maximum atomic E-state index is 6.27. The molecular formula is C50H38N2O. The van der Waals surface area contributed by atoms with Crippen molar-refractivity contribution < 1.29 is 4.42 Å². The van der Waals surface area contributed by atoms with Gasteiger partial charge in [-0.1, -0.05) is 84.9 Å². The highest BCUT2D eigenvalue weighted by atomic mass is 16.3. The molecule has 0 amide bonds. The molecule has 14 rings (SSSR count). The Hall–Kier alpha value is -5.80. The molecule has 5 aliphatic rings. The summed E-state index contributed by atoms with van der Waals surface area (Å²) in [6.45, 7) is 0. The van der Waals surface area contributed by atoms with Crippen molar-refractivity contribution in [1.29, 1.82) is 0 Å². The van der Waals surface area contributed by atoms with Gasteiger partial charge in [-0.15, -0.1) is 0 Å². The molecule has 5 unspecified atom stereocenters. The van der Waals surface area contributed by atoms with Crippen molar-refractivity contribution in [3.8, 4) is 5.69 Å². The fourth-order valence-electron chi connectivity index (χ4n) is 12.6. The number of aromatic nitrogens is 1. The summed E-state index contributed by atoms with van der Waals surface area (Å²) in [5, 5.41) is 7.33. The molecule has 0 N–H and O–H groups in total. The summed E-state index contributed by atoms with van der Waals surface area (Å²) in [6, 6.07) is 56.1. The summed E-state index contributed by atoms with van der Waals surface area (Å²) in [5.74, 6) is 3.00. The van der Waals surface area contributed by atoms with Gasteiger partial charge in [0.25, 0.3) is 0 Å². The number of anilines is 3. The van der Waals surface area contributed by atoms with Crippen molar-refractivity contribution in [3.63, 3.8) is 0 Å². The topological polar surface area (TPSA) is 21.3 Å². The van der Waals surface area contributed by atoms with E-state index >= 15 is 0 Å². The average Bonchev–Trinajstić information content (AvgIpc) is 4.01. The Balaban J connectivity index is 1.05. The van der Waals surface area contributed by atoms with Crippen LogP contribution in [0, 0.1) is 23.2 Å². The molecule has 3 nitrogen and oxygen atoms in total. The summed E-state index contributed by atoms with van der Waals surface area (Å²) < 4.78 is 8.73. The maximum Gasteiger partial charge on any atom is 0.135 e. The Kier molecular flexibility index (Phi) is 5.42. The van der Waals surface area contributed by atoms with Crippen LogP contribution in [0.1, 0.15) is 37.7 Å². The molecule has 2 aromatic heterocycles. The molecule has 0 radical (unpaired) electrons. The first-order valence-corrected chi connectivity index (χ1v) is 19.5. The second-order valence-electron chi connectivity index (χ2n) is 16.8. The van der Waals surface area contributed by atoms with Crippen LogP contribution < -0.4 is 4.90 Å². The lowest BCUT2D eigenvalue weighted by Gasteiger charge is -2.45. The lowest BCUT2D eigenvalue weighted by molar-refractivity contribution is 0.0381. The van der Waals surface area contributed by atoms with Gasteiger partial charge in [-0.05, 0) is 144 Å². The van der Waals surface area contributed by atoms with Gasteiger partial charge in [0, 0.05) is 38.6 Å². The molecule has 5 atom stereocenters. The standard InChI is InChI=1S/C50H38N2O/c1-2-10-35(11-3-1)51(36-20-18-33(19-21-36)49-28-34-25-32-27-50(34,30-49)41(32)29-49)42-14-8-15-43-48(42)47-38-12-5-4-9-31(38)17-23-44(47)52(43)37-22-24-46-40(26-37)39-13-6-7-16-45(39)53-46/h1-24,26,32,34,41H,25,27-30H2. The third-order valence-electron chi connectivity index (χ3n) is 14.5. The largest absolute Gasteiger partial charge is 0.456 e. The Bertz CT molecular complexity index is 2960. The Labute approximate surface area is 308 Å². The number of nitrogens with zero attached hydrogens (tertiary/aromatic N) is 2. The second kappa shape index (κ2) is 9.99. The molecule has 53 heavy (non-hydrogen) atoms. The van der Waals surface area contributed by atoms with Gasteiger partial charge in [-0.25, -0.2) is 0 Å². The molecule has 1 spiro atoms. The lowest BCUT2D eigenvalue weighted by atomic mass is 9.59. The predicted molar refractivity (Wildman–Crippen MR) is 218 cm³/mol. The summed E-state index contributed by atoms with van der Waals surface area (Å²) in [7, 11) is 0.